The third-order valence-electron chi connectivity index (χ3n) is 2.72. The smallest absolute Gasteiger partial charge is 0.177 e. The number of ether oxygens (including phenoxy) is 1. The maximum Gasteiger partial charge on any atom is 0.177 e. The van der Waals surface area contributed by atoms with Crippen LogP contribution in [0.15, 0.2) is 0 Å². The molecule has 1 saturated heterocycles. The molecule has 0 aromatic rings. The van der Waals surface area contributed by atoms with Crippen LogP contribution in [-0.2, 0) is 9.53 Å². The number of aliphatic hydroxyl groups is 4. The zero-order valence-corrected chi connectivity index (χ0v) is 9.53. The Kier molecular flexibility index (Phi) is 5.96. The summed E-state index contributed by atoms with van der Waals surface area (Å²) in [6, 6.07) is 0. The Morgan fingerprint density at radius 2 is 1.82 bits per heavy atom. The molecule has 1 aliphatic heterocycles. The molecule has 0 aromatic carbocycles. The van der Waals surface area contributed by atoms with Gasteiger partial charge in [0, 0.05) is 13.1 Å². The van der Waals surface area contributed by atoms with E-state index in [9.17, 15) is 15.0 Å². The van der Waals surface area contributed by atoms with Gasteiger partial charge in [-0.2, -0.15) is 0 Å². The Hall–Kier alpha value is -0.570. The topological polar surface area (TPSA) is 110 Å². The number of morpholine rings is 1. The van der Waals surface area contributed by atoms with Crippen molar-refractivity contribution in [1.29, 1.82) is 0 Å². The van der Waals surface area contributed by atoms with Crippen LogP contribution in [0.1, 0.15) is 0 Å². The summed E-state index contributed by atoms with van der Waals surface area (Å²) in [4.78, 5) is 13.4. The van der Waals surface area contributed by atoms with E-state index in [1.165, 1.54) is 0 Å². The largest absolute Gasteiger partial charge is 0.394 e. The van der Waals surface area contributed by atoms with Gasteiger partial charge in [-0.3, -0.25) is 9.69 Å². The summed E-state index contributed by atoms with van der Waals surface area (Å²) in [6.45, 7) is 1.55. The van der Waals surface area contributed by atoms with Gasteiger partial charge in [0.15, 0.2) is 5.78 Å². The van der Waals surface area contributed by atoms with Crippen LogP contribution < -0.4 is 0 Å². The zero-order chi connectivity index (χ0) is 12.8. The molecule has 0 aromatic heterocycles. The first-order chi connectivity index (χ1) is 8.06. The fraction of sp³-hybridized carbons (Fsp3) is 0.900. The van der Waals surface area contributed by atoms with Gasteiger partial charge in [-0.1, -0.05) is 0 Å². The minimum absolute atomic E-state index is 0.000263. The van der Waals surface area contributed by atoms with Crippen LogP contribution in [0.3, 0.4) is 0 Å². The number of Topliss-reactive ketones (excluding diaryl/α,β-unsaturated/α-hetero) is 1. The van der Waals surface area contributed by atoms with Gasteiger partial charge in [0.1, 0.15) is 18.3 Å². The summed E-state index contributed by atoms with van der Waals surface area (Å²) in [5.41, 5.74) is 0. The van der Waals surface area contributed by atoms with Crippen LogP contribution >= 0.6 is 0 Å². The fourth-order valence-electron chi connectivity index (χ4n) is 1.58. The summed E-state index contributed by atoms with van der Waals surface area (Å²) in [7, 11) is 0. The molecule has 100 valence electrons. The molecule has 0 amide bonds. The summed E-state index contributed by atoms with van der Waals surface area (Å²) in [5, 5.41) is 36.6. The molecule has 1 fully saturated rings. The number of ketones is 1. The van der Waals surface area contributed by atoms with Gasteiger partial charge in [-0.15, -0.1) is 0 Å². The van der Waals surface area contributed by atoms with E-state index in [1.54, 1.807) is 4.90 Å². The molecule has 0 spiro atoms. The third-order valence-corrected chi connectivity index (χ3v) is 2.72. The highest BCUT2D eigenvalue weighted by Crippen LogP contribution is 2.04. The van der Waals surface area contributed by atoms with E-state index in [0.717, 1.165) is 0 Å². The van der Waals surface area contributed by atoms with Crippen LogP contribution in [-0.4, -0.2) is 88.9 Å². The maximum absolute atomic E-state index is 11.6. The van der Waals surface area contributed by atoms with E-state index >= 15 is 0 Å². The molecule has 0 radical (unpaired) electrons. The average Bonchev–Trinajstić information content (AvgIpc) is 2.37. The number of carbonyl (C=O) groups is 1. The van der Waals surface area contributed by atoms with Gasteiger partial charge in [0.2, 0.25) is 0 Å². The lowest BCUT2D eigenvalue weighted by Crippen LogP contribution is -2.48. The van der Waals surface area contributed by atoms with Gasteiger partial charge in [-0.05, 0) is 0 Å². The van der Waals surface area contributed by atoms with E-state index in [4.69, 9.17) is 14.9 Å². The van der Waals surface area contributed by atoms with E-state index in [-0.39, 0.29) is 6.54 Å². The first kappa shape index (κ1) is 14.5. The van der Waals surface area contributed by atoms with Crippen molar-refractivity contribution in [3.05, 3.63) is 0 Å². The van der Waals surface area contributed by atoms with Crippen molar-refractivity contribution < 1.29 is 30.0 Å². The van der Waals surface area contributed by atoms with Gasteiger partial charge < -0.3 is 25.2 Å². The van der Waals surface area contributed by atoms with Crippen LogP contribution in [0.5, 0.6) is 0 Å². The van der Waals surface area contributed by atoms with E-state index < -0.39 is 30.7 Å². The summed E-state index contributed by atoms with van der Waals surface area (Å²) in [5.74, 6) is -0.577. The number of hydrogen-bond acceptors (Lipinski definition) is 7. The van der Waals surface area contributed by atoms with Crippen molar-refractivity contribution in [2.24, 2.45) is 0 Å². The second-order valence-electron chi connectivity index (χ2n) is 4.04. The predicted octanol–water partition coefficient (Wildman–Crippen LogP) is -3.04. The van der Waals surface area contributed by atoms with Crippen molar-refractivity contribution in [2.45, 2.75) is 18.3 Å². The van der Waals surface area contributed by atoms with Crippen LogP contribution in [0.2, 0.25) is 0 Å². The molecular weight excluding hydrogens is 230 g/mol. The first-order valence-electron chi connectivity index (χ1n) is 5.54. The lowest BCUT2D eigenvalue weighted by atomic mass is 10.0. The Balaban J connectivity index is 2.40. The normalized spacial score (nSPS) is 23.1. The van der Waals surface area contributed by atoms with Crippen molar-refractivity contribution in [3.8, 4) is 0 Å². The van der Waals surface area contributed by atoms with Crippen molar-refractivity contribution >= 4 is 5.78 Å². The van der Waals surface area contributed by atoms with Crippen LogP contribution in [0, 0.1) is 0 Å². The van der Waals surface area contributed by atoms with Gasteiger partial charge in [-0.25, -0.2) is 0 Å². The summed E-state index contributed by atoms with van der Waals surface area (Å²) in [6.07, 6.45) is -4.85. The lowest BCUT2D eigenvalue weighted by molar-refractivity contribution is -0.142. The molecule has 7 nitrogen and oxygen atoms in total. The number of nitrogens with zero attached hydrogens (tertiary/aromatic N) is 1. The summed E-state index contributed by atoms with van der Waals surface area (Å²) < 4.78 is 5.11. The minimum Gasteiger partial charge on any atom is -0.394 e. The Bertz CT molecular complexity index is 243. The van der Waals surface area contributed by atoms with E-state index in [1.807, 2.05) is 0 Å². The lowest BCUT2D eigenvalue weighted by Gasteiger charge is -2.28. The zero-order valence-electron chi connectivity index (χ0n) is 9.53. The monoisotopic (exact) mass is 249 g/mol. The Morgan fingerprint density at radius 3 is 2.35 bits per heavy atom. The molecule has 1 rings (SSSR count). The SMILES string of the molecule is O=C(CN1CCOCC1)[C@H](O)[C@@H](O)[C@H](O)CO. The third kappa shape index (κ3) is 4.30. The quantitative estimate of drug-likeness (QED) is 0.396. The highest BCUT2D eigenvalue weighted by molar-refractivity contribution is 5.85. The molecule has 4 N–H and O–H groups in total. The number of aliphatic hydroxyl groups excluding tert-OH is 4. The van der Waals surface area contributed by atoms with Crippen molar-refractivity contribution in [3.63, 3.8) is 0 Å². The molecule has 17 heavy (non-hydrogen) atoms. The molecule has 0 aliphatic carbocycles. The Labute approximate surface area is 99.2 Å². The van der Waals surface area contributed by atoms with E-state index in [0.29, 0.717) is 26.3 Å². The molecule has 1 heterocycles. The molecular formula is C10H19NO6. The Morgan fingerprint density at radius 1 is 1.24 bits per heavy atom. The molecule has 0 bridgehead atoms. The second kappa shape index (κ2) is 7.00. The standard InChI is InChI=1S/C10H19NO6/c12-6-8(14)10(16)9(15)7(13)5-11-1-3-17-4-2-11/h8-10,12,14-16H,1-6H2/t8-,9+,10+/m1/s1. The number of carbonyl (C=O) groups excluding carboxylic acids is 1. The fourth-order valence-corrected chi connectivity index (χ4v) is 1.58. The highest BCUT2D eigenvalue weighted by atomic mass is 16.5. The molecule has 3 atom stereocenters. The maximum atomic E-state index is 11.6. The summed E-state index contributed by atoms with van der Waals surface area (Å²) >= 11 is 0. The number of hydrogen-bond donors (Lipinski definition) is 4. The highest BCUT2D eigenvalue weighted by Gasteiger charge is 2.30. The molecule has 7 heteroatoms. The van der Waals surface area contributed by atoms with Gasteiger partial charge in [0.05, 0.1) is 26.4 Å². The van der Waals surface area contributed by atoms with Crippen LogP contribution in [0.4, 0.5) is 0 Å². The average molecular weight is 249 g/mol. The predicted molar refractivity (Wildman–Crippen MR) is 57.4 cm³/mol. The van der Waals surface area contributed by atoms with E-state index in [2.05, 4.69) is 0 Å². The van der Waals surface area contributed by atoms with Crippen molar-refractivity contribution in [1.82, 2.24) is 4.90 Å². The first-order valence-corrected chi connectivity index (χ1v) is 5.54. The molecule has 0 saturated carbocycles. The second-order valence-corrected chi connectivity index (χ2v) is 4.04. The number of rotatable bonds is 6. The van der Waals surface area contributed by atoms with Crippen molar-refractivity contribution in [2.75, 3.05) is 39.5 Å². The van der Waals surface area contributed by atoms with Crippen LogP contribution in [0.25, 0.3) is 0 Å². The molecule has 0 unspecified atom stereocenters. The minimum atomic E-state index is -1.68. The van der Waals surface area contributed by atoms with Gasteiger partial charge >= 0.3 is 0 Å². The van der Waals surface area contributed by atoms with Gasteiger partial charge in [0.25, 0.3) is 0 Å². The molecule has 1 aliphatic rings.